The smallest absolute Gasteiger partial charge is 0.307 e. The number of hydrogen-bond acceptors (Lipinski definition) is 2. The summed E-state index contributed by atoms with van der Waals surface area (Å²) in [7, 11) is 0. The van der Waals surface area contributed by atoms with Gasteiger partial charge in [-0.05, 0) is 23.3 Å². The van der Waals surface area contributed by atoms with Gasteiger partial charge in [0.05, 0.1) is 6.42 Å². The molecule has 4 nitrogen and oxygen atoms in total. The second kappa shape index (κ2) is 5.51. The third-order valence-corrected chi connectivity index (χ3v) is 2.93. The molecule has 0 unspecified atom stereocenters. The van der Waals surface area contributed by atoms with Gasteiger partial charge < -0.3 is 15.4 Å². The molecule has 0 aliphatic rings. The van der Waals surface area contributed by atoms with Crippen molar-refractivity contribution in [3.63, 3.8) is 0 Å². The van der Waals surface area contributed by atoms with Crippen LogP contribution in [0.15, 0.2) is 42.6 Å². The van der Waals surface area contributed by atoms with Crippen LogP contribution in [0.25, 0.3) is 0 Å². The molecule has 94 valence electrons. The molecular formula is C14H16N2O2. The maximum absolute atomic E-state index is 10.8. The van der Waals surface area contributed by atoms with E-state index in [1.165, 1.54) is 0 Å². The van der Waals surface area contributed by atoms with Crippen LogP contribution >= 0.6 is 0 Å². The van der Waals surface area contributed by atoms with Gasteiger partial charge >= 0.3 is 5.97 Å². The molecule has 0 radical (unpaired) electrons. The van der Waals surface area contributed by atoms with Gasteiger partial charge in [-0.3, -0.25) is 4.79 Å². The number of benzene rings is 1. The van der Waals surface area contributed by atoms with E-state index in [4.69, 9.17) is 10.8 Å². The third-order valence-electron chi connectivity index (χ3n) is 2.93. The minimum atomic E-state index is -0.811. The number of aliphatic carboxylic acids is 1. The summed E-state index contributed by atoms with van der Waals surface area (Å²) in [5.41, 5.74) is 8.56. The minimum Gasteiger partial charge on any atom is -0.481 e. The van der Waals surface area contributed by atoms with E-state index < -0.39 is 5.97 Å². The molecule has 4 heteroatoms. The summed E-state index contributed by atoms with van der Waals surface area (Å²) < 4.78 is 2.04. The quantitative estimate of drug-likeness (QED) is 0.839. The van der Waals surface area contributed by atoms with Gasteiger partial charge in [0.2, 0.25) is 0 Å². The molecule has 0 atom stereocenters. The van der Waals surface area contributed by atoms with Crippen molar-refractivity contribution in [3.8, 4) is 0 Å². The number of carboxylic acid groups (broad SMARTS) is 1. The van der Waals surface area contributed by atoms with E-state index in [1.54, 1.807) is 0 Å². The summed E-state index contributed by atoms with van der Waals surface area (Å²) in [4.78, 5) is 10.8. The molecule has 0 saturated carbocycles. The second-order valence-corrected chi connectivity index (χ2v) is 4.17. The highest BCUT2D eigenvalue weighted by Gasteiger charge is 2.07. The number of hydrogen-bond donors (Lipinski definition) is 2. The number of aromatic nitrogens is 1. The lowest BCUT2D eigenvalue weighted by atomic mass is 10.0. The number of nitrogens with zero attached hydrogens (tertiary/aromatic N) is 1. The number of rotatable bonds is 5. The lowest BCUT2D eigenvalue weighted by Crippen LogP contribution is -2.10. The lowest BCUT2D eigenvalue weighted by Gasteiger charge is -2.11. The van der Waals surface area contributed by atoms with Crippen LogP contribution in [0, 0.1) is 0 Å². The number of carboxylic acids is 1. The SMILES string of the molecule is NCc1cccn1Cc1ccccc1CC(=O)O. The van der Waals surface area contributed by atoms with Crippen molar-refractivity contribution in [2.24, 2.45) is 5.73 Å². The van der Waals surface area contributed by atoms with Crippen molar-refractivity contribution in [1.82, 2.24) is 4.57 Å². The van der Waals surface area contributed by atoms with Gasteiger partial charge in [0.1, 0.15) is 0 Å². The van der Waals surface area contributed by atoms with Crippen molar-refractivity contribution in [2.45, 2.75) is 19.5 Å². The monoisotopic (exact) mass is 244 g/mol. The Morgan fingerprint density at radius 3 is 2.56 bits per heavy atom. The predicted octanol–water partition coefficient (Wildman–Crippen LogP) is 1.62. The highest BCUT2D eigenvalue weighted by atomic mass is 16.4. The van der Waals surface area contributed by atoms with Crippen LogP contribution in [0.2, 0.25) is 0 Å². The van der Waals surface area contributed by atoms with Gasteiger partial charge in [0, 0.05) is 25.0 Å². The Hall–Kier alpha value is -2.07. The first-order valence-corrected chi connectivity index (χ1v) is 5.83. The Morgan fingerprint density at radius 1 is 1.17 bits per heavy atom. The molecule has 18 heavy (non-hydrogen) atoms. The van der Waals surface area contributed by atoms with Crippen LogP contribution in [0.4, 0.5) is 0 Å². The van der Waals surface area contributed by atoms with Crippen LogP contribution < -0.4 is 5.73 Å². The van der Waals surface area contributed by atoms with Crippen LogP contribution in [0.5, 0.6) is 0 Å². The molecule has 2 aromatic rings. The average molecular weight is 244 g/mol. The van der Waals surface area contributed by atoms with Gasteiger partial charge in [-0.15, -0.1) is 0 Å². The van der Waals surface area contributed by atoms with E-state index in [0.717, 1.165) is 16.8 Å². The zero-order valence-electron chi connectivity index (χ0n) is 10.0. The van der Waals surface area contributed by atoms with E-state index in [0.29, 0.717) is 13.1 Å². The Balaban J connectivity index is 2.26. The summed E-state index contributed by atoms with van der Waals surface area (Å²) in [6, 6.07) is 11.5. The van der Waals surface area contributed by atoms with E-state index in [9.17, 15) is 4.79 Å². The topological polar surface area (TPSA) is 68.2 Å². The Kier molecular flexibility index (Phi) is 3.79. The van der Waals surface area contributed by atoms with Crippen LogP contribution in [0.3, 0.4) is 0 Å². The zero-order chi connectivity index (χ0) is 13.0. The van der Waals surface area contributed by atoms with Crippen LogP contribution in [0.1, 0.15) is 16.8 Å². The summed E-state index contributed by atoms with van der Waals surface area (Å²) >= 11 is 0. The second-order valence-electron chi connectivity index (χ2n) is 4.17. The molecule has 1 aromatic heterocycles. The Morgan fingerprint density at radius 2 is 1.89 bits per heavy atom. The normalized spacial score (nSPS) is 10.5. The fourth-order valence-electron chi connectivity index (χ4n) is 2.02. The van der Waals surface area contributed by atoms with Crippen molar-refractivity contribution in [2.75, 3.05) is 0 Å². The highest BCUT2D eigenvalue weighted by molar-refractivity contribution is 5.70. The first-order chi connectivity index (χ1) is 8.70. The highest BCUT2D eigenvalue weighted by Crippen LogP contribution is 2.13. The maximum atomic E-state index is 10.8. The van der Waals surface area contributed by atoms with Crippen molar-refractivity contribution in [1.29, 1.82) is 0 Å². The van der Waals surface area contributed by atoms with Gasteiger partial charge in [-0.25, -0.2) is 0 Å². The summed E-state index contributed by atoms with van der Waals surface area (Å²) in [5, 5.41) is 8.89. The summed E-state index contributed by atoms with van der Waals surface area (Å²) in [6.07, 6.45) is 2.01. The molecular weight excluding hydrogens is 228 g/mol. The number of nitrogens with two attached hydrogens (primary N) is 1. The van der Waals surface area contributed by atoms with Gasteiger partial charge in [0.15, 0.2) is 0 Å². The Bertz CT molecular complexity index is 546. The van der Waals surface area contributed by atoms with Crippen molar-refractivity contribution >= 4 is 5.97 Å². The molecule has 0 amide bonds. The van der Waals surface area contributed by atoms with Crippen molar-refractivity contribution in [3.05, 3.63) is 59.4 Å². The molecule has 0 bridgehead atoms. The van der Waals surface area contributed by atoms with Crippen molar-refractivity contribution < 1.29 is 9.90 Å². The molecule has 1 aromatic carbocycles. The zero-order valence-corrected chi connectivity index (χ0v) is 10.0. The first-order valence-electron chi connectivity index (χ1n) is 5.83. The van der Waals surface area contributed by atoms with Gasteiger partial charge in [-0.1, -0.05) is 24.3 Å². The number of carbonyl (C=O) groups is 1. The molecule has 0 spiro atoms. The average Bonchev–Trinajstić information content (AvgIpc) is 2.78. The van der Waals surface area contributed by atoms with E-state index in [-0.39, 0.29) is 6.42 Å². The predicted molar refractivity (Wildman–Crippen MR) is 69.2 cm³/mol. The van der Waals surface area contributed by atoms with E-state index >= 15 is 0 Å². The lowest BCUT2D eigenvalue weighted by molar-refractivity contribution is -0.136. The maximum Gasteiger partial charge on any atom is 0.307 e. The molecule has 0 saturated heterocycles. The standard InChI is InChI=1S/C14H16N2O2/c15-9-13-6-3-7-16(13)10-12-5-2-1-4-11(12)8-14(17)18/h1-7H,8-10,15H2,(H,17,18). The molecule has 0 aliphatic carbocycles. The summed E-state index contributed by atoms with van der Waals surface area (Å²) in [5.74, 6) is -0.811. The molecule has 3 N–H and O–H groups in total. The molecule has 0 fully saturated rings. The summed E-state index contributed by atoms with van der Waals surface area (Å²) in [6.45, 7) is 1.14. The van der Waals surface area contributed by atoms with Gasteiger partial charge in [-0.2, -0.15) is 0 Å². The molecule has 0 aliphatic heterocycles. The van der Waals surface area contributed by atoms with Crippen LogP contribution in [-0.2, 0) is 24.3 Å². The van der Waals surface area contributed by atoms with Crippen LogP contribution in [-0.4, -0.2) is 15.6 Å². The largest absolute Gasteiger partial charge is 0.481 e. The fraction of sp³-hybridized carbons (Fsp3) is 0.214. The van der Waals surface area contributed by atoms with E-state index in [2.05, 4.69) is 0 Å². The van der Waals surface area contributed by atoms with Gasteiger partial charge in [0.25, 0.3) is 0 Å². The molecule has 2 rings (SSSR count). The first kappa shape index (κ1) is 12.4. The Labute approximate surface area is 106 Å². The van der Waals surface area contributed by atoms with E-state index in [1.807, 2.05) is 47.2 Å². The fourth-order valence-corrected chi connectivity index (χ4v) is 2.02. The third kappa shape index (κ3) is 2.78. The minimum absolute atomic E-state index is 0.0510. The molecule has 1 heterocycles.